The molecule has 1 N–H and O–H groups in total. The van der Waals surface area contributed by atoms with Crippen LogP contribution in [-0.4, -0.2) is 37.6 Å². The first-order chi connectivity index (χ1) is 9.84. The molecule has 20 heavy (non-hydrogen) atoms. The zero-order chi connectivity index (χ0) is 13.8. The van der Waals surface area contributed by atoms with E-state index >= 15 is 0 Å². The van der Waals surface area contributed by atoms with Crippen LogP contribution in [0.4, 0.5) is 0 Å². The largest absolute Gasteiger partial charge is 0.315 e. The van der Waals surface area contributed by atoms with E-state index in [2.05, 4.69) is 41.5 Å². The van der Waals surface area contributed by atoms with Crippen LogP contribution in [0.2, 0.25) is 0 Å². The van der Waals surface area contributed by atoms with Gasteiger partial charge in [-0.25, -0.2) is 0 Å². The van der Waals surface area contributed by atoms with Crippen LogP contribution >= 0.6 is 0 Å². The van der Waals surface area contributed by atoms with E-state index in [0.29, 0.717) is 0 Å². The minimum Gasteiger partial charge on any atom is -0.315 e. The third kappa shape index (κ3) is 3.24. The molecular formula is C18H28N2. The Hall–Kier alpha value is -0.860. The number of hydrogen-bond donors (Lipinski definition) is 1. The van der Waals surface area contributed by atoms with E-state index < -0.39 is 0 Å². The number of nitrogens with one attached hydrogen (secondary N) is 1. The van der Waals surface area contributed by atoms with Gasteiger partial charge in [0.15, 0.2) is 0 Å². The second-order valence-corrected chi connectivity index (χ2v) is 6.58. The van der Waals surface area contributed by atoms with Gasteiger partial charge in [-0.3, -0.25) is 0 Å². The summed E-state index contributed by atoms with van der Waals surface area (Å²) < 4.78 is 0. The molecule has 1 heterocycles. The maximum atomic E-state index is 3.75. The molecule has 2 heteroatoms. The van der Waals surface area contributed by atoms with E-state index in [1.165, 1.54) is 45.1 Å². The Morgan fingerprint density at radius 3 is 2.90 bits per heavy atom. The predicted octanol–water partition coefficient (Wildman–Crippen LogP) is 3.18. The van der Waals surface area contributed by atoms with Gasteiger partial charge < -0.3 is 10.2 Å². The highest BCUT2D eigenvalue weighted by atomic mass is 15.2. The lowest BCUT2D eigenvalue weighted by Crippen LogP contribution is -2.43. The molecule has 1 aliphatic carbocycles. The lowest BCUT2D eigenvalue weighted by molar-refractivity contribution is 0.181. The number of nitrogens with zero attached hydrogens (tertiary/aromatic N) is 1. The van der Waals surface area contributed by atoms with Crippen molar-refractivity contribution in [2.45, 2.75) is 50.5 Å². The number of fused-ring (bicyclic) bond motifs is 1. The first-order valence-corrected chi connectivity index (χ1v) is 8.33. The molecule has 1 saturated heterocycles. The minimum atomic E-state index is 0.730. The number of benzene rings is 1. The van der Waals surface area contributed by atoms with E-state index in [0.717, 1.165) is 25.0 Å². The van der Waals surface area contributed by atoms with E-state index in [1.807, 2.05) is 0 Å². The van der Waals surface area contributed by atoms with Crippen molar-refractivity contribution in [1.82, 2.24) is 10.2 Å². The van der Waals surface area contributed by atoms with Crippen LogP contribution in [0.25, 0.3) is 0 Å². The normalized spacial score (nSPS) is 27.2. The zero-order valence-corrected chi connectivity index (χ0v) is 12.8. The Morgan fingerprint density at radius 2 is 2.00 bits per heavy atom. The van der Waals surface area contributed by atoms with Crippen LogP contribution in [0.1, 0.15) is 49.1 Å². The van der Waals surface area contributed by atoms with Gasteiger partial charge in [0.2, 0.25) is 0 Å². The lowest BCUT2D eigenvalue weighted by Gasteiger charge is -2.33. The Bertz CT molecular complexity index is 429. The highest BCUT2D eigenvalue weighted by Crippen LogP contribution is 2.30. The summed E-state index contributed by atoms with van der Waals surface area (Å²) in [6, 6.07) is 9.80. The molecule has 1 aromatic rings. The molecule has 1 aliphatic heterocycles. The molecule has 1 fully saturated rings. The minimum absolute atomic E-state index is 0.730. The van der Waals surface area contributed by atoms with Gasteiger partial charge in [0.1, 0.15) is 0 Å². The smallest absolute Gasteiger partial charge is 0.0217 e. The molecule has 110 valence electrons. The molecule has 2 atom stereocenters. The summed E-state index contributed by atoms with van der Waals surface area (Å²) in [6.07, 6.45) is 8.13. The number of rotatable bonds is 4. The van der Waals surface area contributed by atoms with E-state index in [1.54, 1.807) is 11.1 Å². The third-order valence-corrected chi connectivity index (χ3v) is 5.19. The Kier molecular flexibility index (Phi) is 4.74. The van der Waals surface area contributed by atoms with Crippen molar-refractivity contribution >= 4 is 0 Å². The van der Waals surface area contributed by atoms with Crippen molar-refractivity contribution in [3.63, 3.8) is 0 Å². The summed E-state index contributed by atoms with van der Waals surface area (Å²) >= 11 is 0. The molecule has 2 unspecified atom stereocenters. The average molecular weight is 272 g/mol. The molecule has 0 radical (unpaired) electrons. The van der Waals surface area contributed by atoms with Crippen LogP contribution in [-0.2, 0) is 6.42 Å². The van der Waals surface area contributed by atoms with Gasteiger partial charge in [0, 0.05) is 19.1 Å². The lowest BCUT2D eigenvalue weighted by atomic mass is 9.83. The highest BCUT2D eigenvalue weighted by Gasteiger charge is 2.21. The van der Waals surface area contributed by atoms with Crippen LogP contribution in [0.5, 0.6) is 0 Å². The van der Waals surface area contributed by atoms with Crippen molar-refractivity contribution in [3.8, 4) is 0 Å². The number of likely N-dealkylation sites (N-methyl/N-ethyl adjacent to an activating group) is 1. The van der Waals surface area contributed by atoms with E-state index in [4.69, 9.17) is 0 Å². The fourth-order valence-electron chi connectivity index (χ4n) is 3.89. The summed E-state index contributed by atoms with van der Waals surface area (Å²) in [5, 5.41) is 3.75. The van der Waals surface area contributed by atoms with Gasteiger partial charge in [0.05, 0.1) is 0 Å². The molecule has 0 bridgehead atoms. The summed E-state index contributed by atoms with van der Waals surface area (Å²) in [4.78, 5) is 2.53. The fraction of sp³-hybridized carbons (Fsp3) is 0.667. The van der Waals surface area contributed by atoms with Gasteiger partial charge >= 0.3 is 0 Å². The molecular weight excluding hydrogens is 244 g/mol. The molecule has 0 amide bonds. The summed E-state index contributed by atoms with van der Waals surface area (Å²) in [5.74, 6) is 0.730. The molecule has 1 aromatic carbocycles. The van der Waals surface area contributed by atoms with Gasteiger partial charge in [-0.2, -0.15) is 0 Å². The van der Waals surface area contributed by atoms with Crippen molar-refractivity contribution in [3.05, 3.63) is 35.4 Å². The maximum absolute atomic E-state index is 3.75. The quantitative estimate of drug-likeness (QED) is 0.905. The molecule has 0 spiro atoms. The van der Waals surface area contributed by atoms with Crippen molar-refractivity contribution in [1.29, 1.82) is 0 Å². The van der Waals surface area contributed by atoms with Crippen molar-refractivity contribution in [2.75, 3.05) is 26.7 Å². The molecule has 3 rings (SSSR count). The van der Waals surface area contributed by atoms with Crippen molar-refractivity contribution < 1.29 is 0 Å². The second-order valence-electron chi connectivity index (χ2n) is 6.58. The number of piperidine rings is 1. The summed E-state index contributed by atoms with van der Waals surface area (Å²) in [7, 11) is 2.28. The molecule has 2 aliphatic rings. The predicted molar refractivity (Wildman–Crippen MR) is 85.3 cm³/mol. The van der Waals surface area contributed by atoms with Crippen LogP contribution in [0, 0.1) is 0 Å². The highest BCUT2D eigenvalue weighted by molar-refractivity contribution is 5.32. The van der Waals surface area contributed by atoms with Gasteiger partial charge in [-0.15, -0.1) is 0 Å². The molecule has 0 aromatic heterocycles. The van der Waals surface area contributed by atoms with E-state index in [-0.39, 0.29) is 0 Å². The third-order valence-electron chi connectivity index (χ3n) is 5.19. The standard InChI is InChI=1S/C18H28N2/c1-20-12-5-4-10-17(20)14-19-13-16-9-6-8-15-7-2-3-11-18(15)16/h2-3,7,11,16-17,19H,4-6,8-10,12-14H2,1H3. The van der Waals surface area contributed by atoms with Crippen LogP contribution < -0.4 is 5.32 Å². The first kappa shape index (κ1) is 14.1. The number of hydrogen-bond acceptors (Lipinski definition) is 2. The van der Waals surface area contributed by atoms with Crippen LogP contribution in [0.15, 0.2) is 24.3 Å². The summed E-state index contributed by atoms with van der Waals surface area (Å²) in [5.41, 5.74) is 3.18. The maximum Gasteiger partial charge on any atom is 0.0217 e. The van der Waals surface area contributed by atoms with Crippen molar-refractivity contribution in [2.24, 2.45) is 0 Å². The summed E-state index contributed by atoms with van der Waals surface area (Å²) in [6.45, 7) is 3.59. The topological polar surface area (TPSA) is 15.3 Å². The van der Waals surface area contributed by atoms with Crippen LogP contribution in [0.3, 0.4) is 0 Å². The SMILES string of the molecule is CN1CCCCC1CNCC1CCCc2ccccc21. The average Bonchev–Trinajstić information content (AvgIpc) is 2.49. The molecule has 0 saturated carbocycles. The Balaban J connectivity index is 1.52. The monoisotopic (exact) mass is 272 g/mol. The number of aryl methyl sites for hydroxylation is 1. The Labute approximate surface area is 123 Å². The zero-order valence-electron chi connectivity index (χ0n) is 12.8. The first-order valence-electron chi connectivity index (χ1n) is 8.33. The second kappa shape index (κ2) is 6.73. The number of likely N-dealkylation sites (tertiary alicyclic amines) is 1. The fourth-order valence-corrected chi connectivity index (χ4v) is 3.89. The Morgan fingerprint density at radius 1 is 1.10 bits per heavy atom. The van der Waals surface area contributed by atoms with Gasteiger partial charge in [-0.05, 0) is 62.7 Å². The van der Waals surface area contributed by atoms with E-state index in [9.17, 15) is 0 Å². The van der Waals surface area contributed by atoms with Gasteiger partial charge in [-0.1, -0.05) is 30.7 Å². The van der Waals surface area contributed by atoms with Gasteiger partial charge in [0.25, 0.3) is 0 Å². The molecule has 2 nitrogen and oxygen atoms in total.